The van der Waals surface area contributed by atoms with Crippen molar-refractivity contribution in [3.8, 4) is 6.07 Å². The van der Waals surface area contributed by atoms with Gasteiger partial charge >= 0.3 is 5.97 Å². The number of benzene rings is 1. The third-order valence-electron chi connectivity index (χ3n) is 3.11. The highest BCUT2D eigenvalue weighted by molar-refractivity contribution is 5.97. The van der Waals surface area contributed by atoms with Gasteiger partial charge in [-0.2, -0.15) is 5.26 Å². The molecule has 0 aliphatic carbocycles. The van der Waals surface area contributed by atoms with Crippen molar-refractivity contribution >= 4 is 17.7 Å². The molecule has 0 amide bonds. The molecule has 112 valence electrons. The van der Waals surface area contributed by atoms with E-state index in [0.717, 1.165) is 30.8 Å². The Labute approximate surface area is 126 Å². The number of anilines is 1. The van der Waals surface area contributed by atoms with E-state index in [4.69, 9.17) is 10.00 Å². The summed E-state index contributed by atoms with van der Waals surface area (Å²) < 4.78 is 4.98. The summed E-state index contributed by atoms with van der Waals surface area (Å²) >= 11 is 0. The third-order valence-corrected chi connectivity index (χ3v) is 3.11. The molecule has 1 rings (SSSR count). The summed E-state index contributed by atoms with van der Waals surface area (Å²) in [6.07, 6.45) is 2.30. The topological polar surface area (TPSA) is 53.3 Å². The molecule has 1 aromatic rings. The van der Waals surface area contributed by atoms with E-state index < -0.39 is 5.97 Å². The van der Waals surface area contributed by atoms with Crippen LogP contribution in [0.3, 0.4) is 0 Å². The van der Waals surface area contributed by atoms with Gasteiger partial charge in [-0.3, -0.25) is 0 Å². The Kier molecular flexibility index (Phi) is 7.03. The summed E-state index contributed by atoms with van der Waals surface area (Å²) in [5, 5.41) is 9.05. The average molecular weight is 286 g/mol. The standard InChI is InChI=1S/C17H22N2O2/c1-4-11-21-17(20)15(13-18)12-14-7-9-16(10-8-14)19(5-2)6-3/h7-10,12H,4-6,11H2,1-3H3. The van der Waals surface area contributed by atoms with Crippen LogP contribution in [-0.4, -0.2) is 25.7 Å². The van der Waals surface area contributed by atoms with Crippen LogP contribution in [0.15, 0.2) is 29.8 Å². The molecule has 21 heavy (non-hydrogen) atoms. The fourth-order valence-electron chi connectivity index (χ4n) is 1.95. The Morgan fingerprint density at radius 2 is 1.86 bits per heavy atom. The van der Waals surface area contributed by atoms with E-state index in [0.29, 0.717) is 6.61 Å². The van der Waals surface area contributed by atoms with Gasteiger partial charge in [-0.1, -0.05) is 19.1 Å². The maximum absolute atomic E-state index is 11.7. The molecule has 0 saturated carbocycles. The fraction of sp³-hybridized carbons (Fsp3) is 0.412. The predicted molar refractivity (Wildman–Crippen MR) is 84.8 cm³/mol. The largest absolute Gasteiger partial charge is 0.462 e. The summed E-state index contributed by atoms with van der Waals surface area (Å²) in [6.45, 7) is 8.34. The molecular formula is C17H22N2O2. The minimum Gasteiger partial charge on any atom is -0.462 e. The molecule has 0 N–H and O–H groups in total. The van der Waals surface area contributed by atoms with Gasteiger partial charge in [-0.05, 0) is 44.0 Å². The van der Waals surface area contributed by atoms with Crippen LogP contribution >= 0.6 is 0 Å². The molecule has 0 aliphatic rings. The van der Waals surface area contributed by atoms with E-state index in [1.54, 1.807) is 6.08 Å². The van der Waals surface area contributed by atoms with Crippen molar-refractivity contribution in [2.24, 2.45) is 0 Å². The molecule has 0 fully saturated rings. The molecule has 0 bridgehead atoms. The molecule has 1 aromatic carbocycles. The van der Waals surface area contributed by atoms with Crippen LogP contribution in [0.25, 0.3) is 6.08 Å². The molecule has 0 aliphatic heterocycles. The first-order valence-electron chi connectivity index (χ1n) is 7.30. The number of rotatable bonds is 7. The average Bonchev–Trinajstić information content (AvgIpc) is 2.52. The van der Waals surface area contributed by atoms with Crippen molar-refractivity contribution in [3.63, 3.8) is 0 Å². The van der Waals surface area contributed by atoms with Crippen LogP contribution in [0.2, 0.25) is 0 Å². The van der Waals surface area contributed by atoms with Crippen LogP contribution in [0.5, 0.6) is 0 Å². The second-order valence-corrected chi connectivity index (χ2v) is 4.57. The van der Waals surface area contributed by atoms with Gasteiger partial charge in [0.2, 0.25) is 0 Å². The van der Waals surface area contributed by atoms with Crippen LogP contribution < -0.4 is 4.90 Å². The van der Waals surface area contributed by atoms with Crippen LogP contribution in [0.1, 0.15) is 32.8 Å². The zero-order valence-corrected chi connectivity index (χ0v) is 12.9. The van der Waals surface area contributed by atoms with Crippen molar-refractivity contribution in [2.75, 3.05) is 24.6 Å². The van der Waals surface area contributed by atoms with Crippen molar-refractivity contribution in [3.05, 3.63) is 35.4 Å². The lowest BCUT2D eigenvalue weighted by Crippen LogP contribution is -2.21. The summed E-state index contributed by atoms with van der Waals surface area (Å²) in [4.78, 5) is 13.9. The minimum absolute atomic E-state index is 0.0269. The lowest BCUT2D eigenvalue weighted by Gasteiger charge is -2.20. The maximum Gasteiger partial charge on any atom is 0.348 e. The number of hydrogen-bond acceptors (Lipinski definition) is 4. The van der Waals surface area contributed by atoms with E-state index >= 15 is 0 Å². The second kappa shape index (κ2) is 8.80. The van der Waals surface area contributed by atoms with Crippen molar-refractivity contribution in [1.82, 2.24) is 0 Å². The number of nitrogens with zero attached hydrogens (tertiary/aromatic N) is 2. The molecule has 0 unspecified atom stereocenters. The molecule has 0 radical (unpaired) electrons. The predicted octanol–water partition coefficient (Wildman–Crippen LogP) is 3.39. The molecule has 0 saturated heterocycles. The number of carbonyl (C=O) groups excluding carboxylic acids is 1. The highest BCUT2D eigenvalue weighted by Crippen LogP contribution is 2.17. The first-order valence-corrected chi connectivity index (χ1v) is 7.30. The van der Waals surface area contributed by atoms with Gasteiger partial charge in [0.15, 0.2) is 0 Å². The van der Waals surface area contributed by atoms with E-state index in [1.807, 2.05) is 37.3 Å². The number of esters is 1. The van der Waals surface area contributed by atoms with Crippen molar-refractivity contribution in [1.29, 1.82) is 5.26 Å². The first kappa shape index (κ1) is 16.8. The molecule has 0 aromatic heterocycles. The van der Waals surface area contributed by atoms with Gasteiger partial charge in [0.05, 0.1) is 6.61 Å². The Hall–Kier alpha value is -2.28. The van der Waals surface area contributed by atoms with E-state index in [-0.39, 0.29) is 5.57 Å². The molecule has 0 atom stereocenters. The van der Waals surface area contributed by atoms with Crippen LogP contribution in [0, 0.1) is 11.3 Å². The monoisotopic (exact) mass is 286 g/mol. The number of hydrogen-bond donors (Lipinski definition) is 0. The van der Waals surface area contributed by atoms with Gasteiger partial charge in [0.1, 0.15) is 11.6 Å². The van der Waals surface area contributed by atoms with E-state index in [9.17, 15) is 4.79 Å². The first-order chi connectivity index (χ1) is 10.2. The summed E-state index contributed by atoms with van der Waals surface area (Å²) in [5.41, 5.74) is 1.97. The molecular weight excluding hydrogens is 264 g/mol. The Balaban J connectivity index is 2.87. The molecule has 0 heterocycles. The van der Waals surface area contributed by atoms with Crippen molar-refractivity contribution in [2.45, 2.75) is 27.2 Å². The Morgan fingerprint density at radius 1 is 1.24 bits per heavy atom. The van der Waals surface area contributed by atoms with E-state index in [1.165, 1.54) is 0 Å². The van der Waals surface area contributed by atoms with Gasteiger partial charge in [0.25, 0.3) is 0 Å². The minimum atomic E-state index is -0.563. The zero-order chi connectivity index (χ0) is 15.7. The third kappa shape index (κ3) is 4.96. The molecule has 4 nitrogen and oxygen atoms in total. The van der Waals surface area contributed by atoms with Crippen LogP contribution in [0.4, 0.5) is 5.69 Å². The molecule has 4 heteroatoms. The van der Waals surface area contributed by atoms with E-state index in [2.05, 4.69) is 18.7 Å². The number of nitriles is 1. The van der Waals surface area contributed by atoms with Crippen molar-refractivity contribution < 1.29 is 9.53 Å². The Bertz CT molecular complexity index is 523. The summed E-state index contributed by atoms with van der Waals surface area (Å²) in [5.74, 6) is -0.563. The summed E-state index contributed by atoms with van der Waals surface area (Å²) in [6, 6.07) is 9.68. The quantitative estimate of drug-likeness (QED) is 0.438. The van der Waals surface area contributed by atoms with Gasteiger partial charge in [0, 0.05) is 18.8 Å². The smallest absolute Gasteiger partial charge is 0.348 e. The second-order valence-electron chi connectivity index (χ2n) is 4.57. The zero-order valence-electron chi connectivity index (χ0n) is 12.9. The SMILES string of the molecule is CCCOC(=O)C(C#N)=Cc1ccc(N(CC)CC)cc1. The van der Waals surface area contributed by atoms with Gasteiger partial charge in [-0.25, -0.2) is 4.79 Å². The lowest BCUT2D eigenvalue weighted by atomic mass is 10.1. The fourth-order valence-corrected chi connectivity index (χ4v) is 1.95. The number of ether oxygens (including phenoxy) is 1. The lowest BCUT2D eigenvalue weighted by molar-refractivity contribution is -0.138. The van der Waals surface area contributed by atoms with Gasteiger partial charge < -0.3 is 9.64 Å². The highest BCUT2D eigenvalue weighted by Gasteiger charge is 2.10. The highest BCUT2D eigenvalue weighted by atomic mass is 16.5. The summed E-state index contributed by atoms with van der Waals surface area (Å²) in [7, 11) is 0. The molecule has 0 spiro atoms. The van der Waals surface area contributed by atoms with Gasteiger partial charge in [-0.15, -0.1) is 0 Å². The number of carbonyl (C=O) groups is 1. The normalized spacial score (nSPS) is 10.9. The van der Waals surface area contributed by atoms with Crippen LogP contribution in [-0.2, 0) is 9.53 Å². The Morgan fingerprint density at radius 3 is 2.33 bits per heavy atom. The maximum atomic E-state index is 11.7.